The monoisotopic (exact) mass is 228 g/mol. The van der Waals surface area contributed by atoms with E-state index in [-0.39, 0.29) is 0 Å². The van der Waals surface area contributed by atoms with Gasteiger partial charge in [-0.1, -0.05) is 0 Å². The lowest BCUT2D eigenvalue weighted by Crippen LogP contribution is -1.85. The van der Waals surface area contributed by atoms with Crippen LogP contribution in [0.25, 0.3) is 22.4 Å². The second-order valence-corrected chi connectivity index (χ2v) is 3.83. The van der Waals surface area contributed by atoms with Crippen LogP contribution in [0, 0.1) is 6.92 Å². The smallest absolute Gasteiger partial charge is 0.192 e. The first kappa shape index (κ1) is 9.89. The summed E-state index contributed by atoms with van der Waals surface area (Å²) in [7, 11) is 1.84. The number of hydrogen-bond donors (Lipinski definition) is 2. The number of aromatic amines is 1. The molecule has 0 amide bonds. The van der Waals surface area contributed by atoms with Crippen molar-refractivity contribution in [3.05, 3.63) is 30.2 Å². The largest absolute Gasteiger partial charge is 0.441 e. The van der Waals surface area contributed by atoms with Gasteiger partial charge >= 0.3 is 0 Å². The Hall–Kier alpha value is -2.30. The number of aryl methyl sites for hydroxylation is 1. The Kier molecular flexibility index (Phi) is 2.11. The molecule has 0 atom stereocenters. The minimum absolute atomic E-state index is 0.678. The van der Waals surface area contributed by atoms with Crippen LogP contribution >= 0.6 is 0 Å². The summed E-state index contributed by atoms with van der Waals surface area (Å²) in [6.07, 6.45) is 0. The molecule has 0 saturated heterocycles. The molecule has 0 aliphatic heterocycles. The molecule has 2 N–H and O–H groups in total. The highest BCUT2D eigenvalue weighted by molar-refractivity contribution is 5.79. The quantitative estimate of drug-likeness (QED) is 0.707. The average molecular weight is 228 g/mol. The second-order valence-electron chi connectivity index (χ2n) is 3.83. The molecule has 0 radical (unpaired) electrons. The summed E-state index contributed by atoms with van der Waals surface area (Å²) in [5.74, 6) is 1.49. The number of benzene rings is 1. The van der Waals surface area contributed by atoms with Gasteiger partial charge in [0.15, 0.2) is 11.5 Å². The highest BCUT2D eigenvalue weighted by Gasteiger charge is 2.06. The fourth-order valence-electron chi connectivity index (χ4n) is 1.81. The average Bonchev–Trinajstić information content (AvgIpc) is 2.92. The first-order chi connectivity index (χ1) is 8.26. The molecule has 86 valence electrons. The minimum Gasteiger partial charge on any atom is -0.441 e. The van der Waals surface area contributed by atoms with Gasteiger partial charge in [-0.15, -0.1) is 0 Å². The van der Waals surface area contributed by atoms with Gasteiger partial charge < -0.3 is 9.73 Å². The van der Waals surface area contributed by atoms with Gasteiger partial charge in [0.1, 0.15) is 11.3 Å². The van der Waals surface area contributed by atoms with Crippen molar-refractivity contribution >= 4 is 16.9 Å². The van der Waals surface area contributed by atoms with Crippen molar-refractivity contribution in [3.8, 4) is 11.3 Å². The molecule has 17 heavy (non-hydrogen) atoms. The van der Waals surface area contributed by atoms with E-state index in [1.807, 2.05) is 38.2 Å². The Bertz CT molecular complexity index is 668. The third-order valence-corrected chi connectivity index (χ3v) is 2.64. The molecular formula is C12H12N4O. The van der Waals surface area contributed by atoms with Crippen LogP contribution < -0.4 is 5.32 Å². The number of oxazole rings is 1. The van der Waals surface area contributed by atoms with E-state index in [9.17, 15) is 0 Å². The maximum Gasteiger partial charge on any atom is 0.192 e. The van der Waals surface area contributed by atoms with E-state index in [1.54, 1.807) is 0 Å². The van der Waals surface area contributed by atoms with Crippen molar-refractivity contribution in [1.29, 1.82) is 0 Å². The van der Waals surface area contributed by atoms with E-state index >= 15 is 0 Å². The van der Waals surface area contributed by atoms with Gasteiger partial charge in [0, 0.05) is 25.6 Å². The van der Waals surface area contributed by atoms with Crippen molar-refractivity contribution in [2.75, 3.05) is 12.4 Å². The molecule has 0 bridgehead atoms. The number of anilines is 1. The van der Waals surface area contributed by atoms with Crippen LogP contribution in [-0.4, -0.2) is 22.2 Å². The molecule has 0 fully saturated rings. The van der Waals surface area contributed by atoms with Crippen LogP contribution in [0.3, 0.4) is 0 Å². The van der Waals surface area contributed by atoms with Crippen molar-refractivity contribution in [1.82, 2.24) is 15.2 Å². The Morgan fingerprint density at radius 1 is 1.29 bits per heavy atom. The summed E-state index contributed by atoms with van der Waals surface area (Å²) in [6.45, 7) is 1.84. The Labute approximate surface area is 97.9 Å². The highest BCUT2D eigenvalue weighted by atomic mass is 16.3. The third kappa shape index (κ3) is 1.65. The molecule has 5 nitrogen and oxygen atoms in total. The van der Waals surface area contributed by atoms with E-state index in [0.717, 1.165) is 28.2 Å². The first-order valence-electron chi connectivity index (χ1n) is 5.37. The zero-order chi connectivity index (χ0) is 11.8. The number of hydrogen-bond acceptors (Lipinski definition) is 4. The zero-order valence-electron chi connectivity index (χ0n) is 9.61. The lowest BCUT2D eigenvalue weighted by atomic mass is 10.1. The molecule has 0 unspecified atom stereocenters. The molecule has 1 aromatic carbocycles. The molecule has 0 spiro atoms. The van der Waals surface area contributed by atoms with Crippen LogP contribution in [-0.2, 0) is 0 Å². The number of H-pyrrole nitrogens is 1. The summed E-state index contributed by atoms with van der Waals surface area (Å²) < 4.78 is 5.44. The molecular weight excluding hydrogens is 216 g/mol. The standard InChI is InChI=1S/C12H12N4O/c1-7-14-10-5-8(3-4-11(10)17-7)9-6-12(13-2)16-15-9/h3-6H,1-2H3,(H2,13,15,16). The Balaban J connectivity index is 2.10. The van der Waals surface area contributed by atoms with Crippen LogP contribution in [0.15, 0.2) is 28.7 Å². The summed E-state index contributed by atoms with van der Waals surface area (Å²) in [5.41, 5.74) is 3.66. The SMILES string of the molecule is CNc1cc(-c2ccc3oc(C)nc3c2)[nH]n1. The van der Waals surface area contributed by atoms with Gasteiger partial charge in [0.05, 0.1) is 5.69 Å². The third-order valence-electron chi connectivity index (χ3n) is 2.64. The number of nitrogens with zero attached hydrogens (tertiary/aromatic N) is 2. The summed E-state index contributed by atoms with van der Waals surface area (Å²) in [4.78, 5) is 4.31. The Morgan fingerprint density at radius 3 is 2.94 bits per heavy atom. The van der Waals surface area contributed by atoms with Crippen molar-refractivity contribution < 1.29 is 4.42 Å². The second kappa shape index (κ2) is 3.62. The molecule has 3 rings (SSSR count). The van der Waals surface area contributed by atoms with E-state index in [4.69, 9.17) is 4.42 Å². The van der Waals surface area contributed by atoms with Crippen molar-refractivity contribution in [2.24, 2.45) is 0 Å². The van der Waals surface area contributed by atoms with Crippen molar-refractivity contribution in [2.45, 2.75) is 6.92 Å². The maximum absolute atomic E-state index is 5.44. The van der Waals surface area contributed by atoms with Crippen LogP contribution in [0.5, 0.6) is 0 Å². The zero-order valence-corrected chi connectivity index (χ0v) is 9.61. The van der Waals surface area contributed by atoms with E-state index in [0.29, 0.717) is 5.89 Å². The summed E-state index contributed by atoms with van der Waals surface area (Å²) in [6, 6.07) is 7.84. The molecule has 0 aliphatic carbocycles. The predicted octanol–water partition coefficient (Wildman–Crippen LogP) is 2.57. The van der Waals surface area contributed by atoms with E-state index < -0.39 is 0 Å². The molecule has 2 aromatic heterocycles. The normalized spacial score (nSPS) is 10.9. The van der Waals surface area contributed by atoms with Gasteiger partial charge in [-0.25, -0.2) is 4.98 Å². The number of fused-ring (bicyclic) bond motifs is 1. The molecule has 0 aliphatic rings. The lowest BCUT2D eigenvalue weighted by molar-refractivity contribution is 0.561. The predicted molar refractivity (Wildman–Crippen MR) is 65.9 cm³/mol. The Morgan fingerprint density at radius 2 is 2.18 bits per heavy atom. The number of aromatic nitrogens is 3. The van der Waals surface area contributed by atoms with Gasteiger partial charge in [-0.3, -0.25) is 5.10 Å². The lowest BCUT2D eigenvalue weighted by Gasteiger charge is -1.95. The van der Waals surface area contributed by atoms with Gasteiger partial charge in [-0.05, 0) is 18.2 Å². The fraction of sp³-hybridized carbons (Fsp3) is 0.167. The van der Waals surface area contributed by atoms with E-state index in [1.165, 1.54) is 0 Å². The minimum atomic E-state index is 0.678. The highest BCUT2D eigenvalue weighted by Crippen LogP contribution is 2.24. The number of nitrogens with one attached hydrogen (secondary N) is 2. The fourth-order valence-corrected chi connectivity index (χ4v) is 1.81. The molecule has 3 aromatic rings. The summed E-state index contributed by atoms with van der Waals surface area (Å²) >= 11 is 0. The maximum atomic E-state index is 5.44. The molecule has 2 heterocycles. The number of rotatable bonds is 2. The van der Waals surface area contributed by atoms with Crippen molar-refractivity contribution in [3.63, 3.8) is 0 Å². The van der Waals surface area contributed by atoms with E-state index in [2.05, 4.69) is 20.5 Å². The van der Waals surface area contributed by atoms with Crippen LogP contribution in [0.4, 0.5) is 5.82 Å². The van der Waals surface area contributed by atoms with Crippen LogP contribution in [0.2, 0.25) is 0 Å². The van der Waals surface area contributed by atoms with Crippen LogP contribution in [0.1, 0.15) is 5.89 Å². The molecule has 0 saturated carbocycles. The topological polar surface area (TPSA) is 66.7 Å². The van der Waals surface area contributed by atoms with Gasteiger partial charge in [0.25, 0.3) is 0 Å². The van der Waals surface area contributed by atoms with Gasteiger partial charge in [0.2, 0.25) is 0 Å². The summed E-state index contributed by atoms with van der Waals surface area (Å²) in [5, 5.41) is 10.1. The first-order valence-corrected chi connectivity index (χ1v) is 5.37. The molecule has 5 heteroatoms. The van der Waals surface area contributed by atoms with Gasteiger partial charge in [-0.2, -0.15) is 5.10 Å².